The first-order valence-corrected chi connectivity index (χ1v) is 9.91. The minimum absolute atomic E-state index is 0.126. The van der Waals surface area contributed by atoms with Gasteiger partial charge in [0.25, 0.3) is 0 Å². The van der Waals surface area contributed by atoms with E-state index in [1.807, 2.05) is 45.0 Å². The molecule has 1 fully saturated rings. The number of likely N-dealkylation sites (N-methyl/N-ethyl adjacent to an activating group) is 1. The van der Waals surface area contributed by atoms with E-state index < -0.39 is 30.7 Å². The summed E-state index contributed by atoms with van der Waals surface area (Å²) in [7, 11) is 3.91. The van der Waals surface area contributed by atoms with Crippen molar-refractivity contribution in [3.8, 4) is 5.75 Å². The lowest BCUT2D eigenvalue weighted by atomic mass is 9.89. The zero-order valence-electron chi connectivity index (χ0n) is 17.7. The quantitative estimate of drug-likeness (QED) is 0.511. The summed E-state index contributed by atoms with van der Waals surface area (Å²) in [6.45, 7) is 2.93. The van der Waals surface area contributed by atoms with Crippen molar-refractivity contribution in [3.05, 3.63) is 29.8 Å². The molecule has 0 aromatic heterocycles. The number of ether oxygens (including phenoxy) is 2. The fraction of sp³-hybridized carbons (Fsp3) is 0.619. The first-order chi connectivity index (χ1) is 14.0. The van der Waals surface area contributed by atoms with Gasteiger partial charge >= 0.3 is 18.1 Å². The van der Waals surface area contributed by atoms with Gasteiger partial charge in [-0.05, 0) is 57.5 Å². The molecular weight excluding hydrogens is 401 g/mol. The van der Waals surface area contributed by atoms with Crippen molar-refractivity contribution < 1.29 is 32.2 Å². The maximum Gasteiger partial charge on any atom is 0.422 e. The third-order valence-electron chi connectivity index (χ3n) is 5.24. The van der Waals surface area contributed by atoms with Crippen LogP contribution in [-0.2, 0) is 14.3 Å². The Morgan fingerprint density at radius 1 is 1.27 bits per heavy atom. The molecule has 0 unspecified atom stereocenters. The van der Waals surface area contributed by atoms with Gasteiger partial charge in [-0.1, -0.05) is 19.1 Å². The summed E-state index contributed by atoms with van der Waals surface area (Å²) in [4.78, 5) is 27.8. The predicted octanol–water partition coefficient (Wildman–Crippen LogP) is 3.42. The largest absolute Gasteiger partial charge is 0.492 e. The van der Waals surface area contributed by atoms with Crippen LogP contribution >= 0.6 is 0 Å². The van der Waals surface area contributed by atoms with Gasteiger partial charge in [-0.25, -0.2) is 4.79 Å². The van der Waals surface area contributed by atoms with Crippen LogP contribution in [0.2, 0.25) is 0 Å². The highest BCUT2D eigenvalue weighted by Crippen LogP contribution is 2.35. The van der Waals surface area contributed by atoms with Crippen molar-refractivity contribution in [1.29, 1.82) is 0 Å². The Kier molecular flexibility index (Phi) is 8.11. The topological polar surface area (TPSA) is 59.1 Å². The molecule has 1 aromatic carbocycles. The standard InChI is InChI=1S/C21H29F3N2O4/c1-14-8-9-18(26(11-14)19(27)20(28)30-13-21(22,23)24)16-6-5-7-17(10-16)29-12-15(2)25(3)4/h5-7,10,14-15,18H,8-9,11-13H2,1-4H3/t14-,15-,18+/m0/s1. The van der Waals surface area contributed by atoms with Crippen molar-refractivity contribution in [2.24, 2.45) is 5.92 Å². The highest BCUT2D eigenvalue weighted by Gasteiger charge is 2.37. The Bertz CT molecular complexity index is 739. The van der Waals surface area contributed by atoms with Gasteiger partial charge in [0.05, 0.1) is 6.04 Å². The van der Waals surface area contributed by atoms with Crippen LogP contribution in [0.25, 0.3) is 0 Å². The molecule has 0 radical (unpaired) electrons. The van der Waals surface area contributed by atoms with E-state index in [0.29, 0.717) is 18.8 Å². The highest BCUT2D eigenvalue weighted by atomic mass is 19.4. The van der Waals surface area contributed by atoms with Crippen LogP contribution in [0.15, 0.2) is 24.3 Å². The number of piperidine rings is 1. The van der Waals surface area contributed by atoms with E-state index in [1.165, 1.54) is 4.90 Å². The number of rotatable bonds is 6. The minimum atomic E-state index is -4.68. The molecule has 3 atom stereocenters. The lowest BCUT2D eigenvalue weighted by Gasteiger charge is -2.38. The number of esters is 1. The molecule has 0 N–H and O–H groups in total. The van der Waals surface area contributed by atoms with Crippen molar-refractivity contribution in [1.82, 2.24) is 9.80 Å². The predicted molar refractivity (Wildman–Crippen MR) is 105 cm³/mol. The van der Waals surface area contributed by atoms with Gasteiger partial charge in [-0.2, -0.15) is 13.2 Å². The fourth-order valence-electron chi connectivity index (χ4n) is 3.23. The van der Waals surface area contributed by atoms with Crippen molar-refractivity contribution >= 4 is 11.9 Å². The number of benzene rings is 1. The number of hydrogen-bond acceptors (Lipinski definition) is 5. The average Bonchev–Trinajstić information content (AvgIpc) is 2.69. The zero-order chi connectivity index (χ0) is 22.5. The Morgan fingerprint density at radius 3 is 2.60 bits per heavy atom. The van der Waals surface area contributed by atoms with Crippen molar-refractivity contribution in [2.75, 3.05) is 33.9 Å². The molecule has 0 saturated carbocycles. The maximum absolute atomic E-state index is 12.6. The molecule has 0 spiro atoms. The van der Waals surface area contributed by atoms with E-state index in [-0.39, 0.29) is 18.5 Å². The molecular formula is C21H29F3N2O4. The summed E-state index contributed by atoms with van der Waals surface area (Å²) in [5.41, 5.74) is 0.772. The van der Waals surface area contributed by atoms with Crippen LogP contribution in [0.1, 0.15) is 38.3 Å². The first kappa shape index (κ1) is 24.0. The lowest BCUT2D eigenvalue weighted by molar-refractivity contribution is -0.190. The summed E-state index contributed by atoms with van der Waals surface area (Å²) in [6.07, 6.45) is -3.26. The monoisotopic (exact) mass is 430 g/mol. The Hall–Kier alpha value is -2.29. The second kappa shape index (κ2) is 10.1. The molecule has 0 bridgehead atoms. The Balaban J connectivity index is 2.14. The lowest BCUT2D eigenvalue weighted by Crippen LogP contribution is -2.45. The SMILES string of the molecule is C[C@H]1CC[C@H](c2cccc(OC[C@H](C)N(C)C)c2)N(C(=O)C(=O)OCC(F)(F)F)C1. The number of carbonyl (C=O) groups is 2. The van der Waals surface area contributed by atoms with Gasteiger partial charge in [-0.15, -0.1) is 0 Å². The Labute approximate surface area is 174 Å². The molecule has 1 aromatic rings. The average molecular weight is 430 g/mol. The summed E-state index contributed by atoms with van der Waals surface area (Å²) in [5, 5.41) is 0. The van der Waals surface area contributed by atoms with Crippen LogP contribution in [-0.4, -0.2) is 67.7 Å². The van der Waals surface area contributed by atoms with Gasteiger partial charge < -0.3 is 19.3 Å². The molecule has 1 amide bonds. The number of carbonyl (C=O) groups excluding carboxylic acids is 2. The van der Waals surface area contributed by atoms with Gasteiger partial charge in [0.2, 0.25) is 0 Å². The molecule has 0 aliphatic carbocycles. The van der Waals surface area contributed by atoms with E-state index in [1.54, 1.807) is 12.1 Å². The van der Waals surface area contributed by atoms with Crippen LogP contribution < -0.4 is 4.74 Å². The Morgan fingerprint density at radius 2 is 1.97 bits per heavy atom. The summed E-state index contributed by atoms with van der Waals surface area (Å²) < 4.78 is 47.0. The number of halogens is 3. The second-order valence-electron chi connectivity index (χ2n) is 8.04. The smallest absolute Gasteiger partial charge is 0.422 e. The third kappa shape index (κ3) is 6.90. The van der Waals surface area contributed by atoms with Crippen molar-refractivity contribution in [2.45, 2.75) is 44.9 Å². The molecule has 30 heavy (non-hydrogen) atoms. The van der Waals surface area contributed by atoms with Crippen LogP contribution in [0.5, 0.6) is 5.75 Å². The molecule has 168 valence electrons. The van der Waals surface area contributed by atoms with E-state index in [4.69, 9.17) is 4.74 Å². The maximum atomic E-state index is 12.6. The van der Waals surface area contributed by atoms with Gasteiger partial charge in [0.1, 0.15) is 12.4 Å². The first-order valence-electron chi connectivity index (χ1n) is 9.91. The van der Waals surface area contributed by atoms with E-state index in [0.717, 1.165) is 12.0 Å². The zero-order valence-corrected chi connectivity index (χ0v) is 17.7. The third-order valence-corrected chi connectivity index (χ3v) is 5.24. The van der Waals surface area contributed by atoms with Gasteiger partial charge in [0.15, 0.2) is 6.61 Å². The molecule has 6 nitrogen and oxygen atoms in total. The van der Waals surface area contributed by atoms with Crippen LogP contribution in [0, 0.1) is 5.92 Å². The van der Waals surface area contributed by atoms with Crippen LogP contribution in [0.4, 0.5) is 13.2 Å². The van der Waals surface area contributed by atoms with E-state index in [2.05, 4.69) is 4.74 Å². The van der Waals surface area contributed by atoms with E-state index in [9.17, 15) is 22.8 Å². The summed E-state index contributed by atoms with van der Waals surface area (Å²) in [6, 6.07) is 7.01. The molecule has 2 rings (SSSR count). The molecule has 1 saturated heterocycles. The number of amides is 1. The highest BCUT2D eigenvalue weighted by molar-refractivity contribution is 6.32. The summed E-state index contributed by atoms with van der Waals surface area (Å²) >= 11 is 0. The number of nitrogens with zero attached hydrogens (tertiary/aromatic N) is 2. The minimum Gasteiger partial charge on any atom is -0.492 e. The molecule has 1 aliphatic heterocycles. The van der Waals surface area contributed by atoms with Gasteiger partial charge in [-0.3, -0.25) is 4.79 Å². The number of likely N-dealkylation sites (tertiary alicyclic amines) is 1. The molecule has 9 heteroatoms. The van der Waals surface area contributed by atoms with Gasteiger partial charge in [0, 0.05) is 12.6 Å². The molecule has 1 aliphatic rings. The second-order valence-corrected chi connectivity index (χ2v) is 8.04. The normalized spacial score (nSPS) is 20.7. The summed E-state index contributed by atoms with van der Waals surface area (Å²) in [5.74, 6) is -1.78. The van der Waals surface area contributed by atoms with E-state index >= 15 is 0 Å². The number of alkyl halides is 3. The van der Waals surface area contributed by atoms with Crippen LogP contribution in [0.3, 0.4) is 0 Å². The van der Waals surface area contributed by atoms with Crippen molar-refractivity contribution in [3.63, 3.8) is 0 Å². The molecule has 1 heterocycles. The number of hydrogen-bond donors (Lipinski definition) is 0. The fourth-order valence-corrected chi connectivity index (χ4v) is 3.23.